The van der Waals surface area contributed by atoms with E-state index in [9.17, 15) is 51.9 Å². The van der Waals surface area contributed by atoms with Crippen LogP contribution in [0.5, 0.6) is 0 Å². The summed E-state index contributed by atoms with van der Waals surface area (Å²) in [5, 5.41) is 7.58. The van der Waals surface area contributed by atoms with E-state index in [1.54, 1.807) is 0 Å². The lowest BCUT2D eigenvalue weighted by atomic mass is 10.1. The normalized spacial score (nSPS) is 17.4. The van der Waals surface area contributed by atoms with Crippen molar-refractivity contribution in [1.29, 1.82) is 0 Å². The Bertz CT molecular complexity index is 1490. The highest BCUT2D eigenvalue weighted by molar-refractivity contribution is 7.48. The lowest BCUT2D eigenvalue weighted by Gasteiger charge is -2.23. The second kappa shape index (κ2) is 33.9. The maximum absolute atomic E-state index is 12.8. The highest BCUT2D eigenvalue weighted by Gasteiger charge is 2.33. The standard InChI is InChI=1S/C28H60N3O27P5/c1-45-27(33)30-12-8-6-10-25(31-28(34)46-2)26(32)29-11-7-5-9-13-51-63(43,44)58-24(22-56-61(39,40)54-20-16-49-14-18-52-59(35,36)47-3)23-57-62(41,42)55-21-17-50-15-19-53-60(37,38)48-4/h24-25H,5-23H2,1-4H3,(H,29,32)(H,30,33)(H,31,34)(H,35,36)(H,37,38)(H,39,40)(H,41,42)(H,43,44). The van der Waals surface area contributed by atoms with Crippen LogP contribution in [-0.2, 0) is 91.8 Å². The fraction of sp³-hybridized carbons (Fsp3) is 0.893. The van der Waals surface area contributed by atoms with E-state index in [1.807, 2.05) is 0 Å². The summed E-state index contributed by atoms with van der Waals surface area (Å²) in [6.07, 6.45) is -1.26. The molecule has 0 aromatic rings. The van der Waals surface area contributed by atoms with Crippen LogP contribution in [0.3, 0.4) is 0 Å². The molecule has 0 bridgehead atoms. The van der Waals surface area contributed by atoms with Gasteiger partial charge in [-0.2, -0.15) is 0 Å². The molecule has 0 aliphatic heterocycles. The van der Waals surface area contributed by atoms with Crippen molar-refractivity contribution in [1.82, 2.24) is 16.0 Å². The quantitative estimate of drug-likeness (QED) is 0.0321. The summed E-state index contributed by atoms with van der Waals surface area (Å²) in [5.74, 6) is -0.505. The average molecular weight is 1030 g/mol. The third kappa shape index (κ3) is 35.4. The molecule has 0 saturated heterocycles. The smallest absolute Gasteiger partial charge is 0.453 e. The molecule has 0 fully saturated rings. The Balaban J connectivity index is 5.11. The highest BCUT2D eigenvalue weighted by Crippen LogP contribution is 2.49. The molecule has 0 aliphatic rings. The van der Waals surface area contributed by atoms with Crippen LogP contribution in [0.25, 0.3) is 0 Å². The number of hydrogen-bond acceptors (Lipinski definition) is 22. The van der Waals surface area contributed by atoms with E-state index in [0.717, 1.165) is 21.3 Å². The van der Waals surface area contributed by atoms with Gasteiger partial charge in [-0.25, -0.2) is 32.4 Å². The summed E-state index contributed by atoms with van der Waals surface area (Å²) < 4.78 is 126. The Kier molecular flexibility index (Phi) is 33.1. The van der Waals surface area contributed by atoms with Gasteiger partial charge in [0.2, 0.25) is 5.91 Å². The monoisotopic (exact) mass is 1030 g/mol. The van der Waals surface area contributed by atoms with Crippen LogP contribution in [0.15, 0.2) is 0 Å². The molecule has 6 atom stereocenters. The number of unbranched alkanes of at least 4 members (excludes halogenated alkanes) is 3. The molecular weight excluding hydrogens is 965 g/mol. The minimum atomic E-state index is -5.03. The Morgan fingerprint density at radius 2 is 0.905 bits per heavy atom. The Morgan fingerprint density at radius 3 is 1.37 bits per heavy atom. The van der Waals surface area contributed by atoms with E-state index < -0.39 is 95.8 Å². The molecule has 6 unspecified atom stereocenters. The number of phosphoric ester groups is 5. The molecule has 0 aliphatic carbocycles. The van der Waals surface area contributed by atoms with Gasteiger partial charge in [0.1, 0.15) is 12.1 Å². The molecule has 0 radical (unpaired) electrons. The number of hydrogen-bond donors (Lipinski definition) is 8. The highest BCUT2D eigenvalue weighted by atomic mass is 31.2. The van der Waals surface area contributed by atoms with Crippen molar-refractivity contribution >= 4 is 57.2 Å². The Morgan fingerprint density at radius 1 is 0.476 bits per heavy atom. The van der Waals surface area contributed by atoms with Crippen LogP contribution in [-0.4, -0.2) is 169 Å². The molecule has 0 spiro atoms. The van der Waals surface area contributed by atoms with Gasteiger partial charge in [0.05, 0.1) is 86.9 Å². The van der Waals surface area contributed by atoms with Gasteiger partial charge >= 0.3 is 51.3 Å². The van der Waals surface area contributed by atoms with E-state index in [0.29, 0.717) is 25.7 Å². The molecule has 0 heterocycles. The van der Waals surface area contributed by atoms with Crippen LogP contribution < -0.4 is 16.0 Å². The number of carbonyl (C=O) groups is 3. The van der Waals surface area contributed by atoms with Gasteiger partial charge in [0, 0.05) is 27.3 Å². The molecule has 374 valence electrons. The molecule has 30 nitrogen and oxygen atoms in total. The zero-order chi connectivity index (χ0) is 47.8. The maximum Gasteiger partial charge on any atom is 0.472 e. The number of alkyl carbamates (subject to hydrolysis) is 2. The minimum Gasteiger partial charge on any atom is -0.453 e. The zero-order valence-electron chi connectivity index (χ0n) is 35.0. The van der Waals surface area contributed by atoms with Gasteiger partial charge in [-0.15, -0.1) is 0 Å². The van der Waals surface area contributed by atoms with Crippen molar-refractivity contribution < 1.29 is 126 Å². The number of amides is 3. The van der Waals surface area contributed by atoms with Gasteiger partial charge < -0.3 is 59.4 Å². The van der Waals surface area contributed by atoms with E-state index >= 15 is 0 Å². The second-order valence-electron chi connectivity index (χ2n) is 11.9. The first-order valence-corrected chi connectivity index (χ1v) is 26.0. The van der Waals surface area contributed by atoms with Crippen LogP contribution in [0.1, 0.15) is 38.5 Å². The van der Waals surface area contributed by atoms with E-state index in [1.165, 1.54) is 7.11 Å². The molecular formula is C28H60N3O27P5. The Hall–Kier alpha value is -1.52. The topological polar surface area (TPSA) is 403 Å². The summed E-state index contributed by atoms with van der Waals surface area (Å²) in [6, 6.07) is -0.939. The third-order valence-electron chi connectivity index (χ3n) is 7.06. The van der Waals surface area contributed by atoms with E-state index in [-0.39, 0.29) is 72.2 Å². The molecule has 0 rings (SSSR count). The van der Waals surface area contributed by atoms with Crippen molar-refractivity contribution in [3.05, 3.63) is 0 Å². The van der Waals surface area contributed by atoms with Crippen molar-refractivity contribution in [3.63, 3.8) is 0 Å². The van der Waals surface area contributed by atoms with Gasteiger partial charge in [-0.3, -0.25) is 50.0 Å². The molecule has 0 saturated carbocycles. The third-order valence-corrected chi connectivity index (χ3v) is 12.0. The molecule has 63 heavy (non-hydrogen) atoms. The van der Waals surface area contributed by atoms with Crippen LogP contribution in [0.4, 0.5) is 9.59 Å². The lowest BCUT2D eigenvalue weighted by molar-refractivity contribution is -0.123. The van der Waals surface area contributed by atoms with E-state index in [4.69, 9.17) is 46.4 Å². The van der Waals surface area contributed by atoms with Crippen LogP contribution in [0, 0.1) is 0 Å². The number of rotatable bonds is 40. The average Bonchev–Trinajstić information content (AvgIpc) is 3.22. The van der Waals surface area contributed by atoms with Gasteiger partial charge in [-0.05, 0) is 38.5 Å². The number of ether oxygens (including phenoxy) is 4. The fourth-order valence-electron chi connectivity index (χ4n) is 4.04. The number of nitrogens with one attached hydrogen (secondary N) is 3. The van der Waals surface area contributed by atoms with Crippen LogP contribution >= 0.6 is 39.1 Å². The number of methoxy groups -OCH3 is 2. The van der Waals surface area contributed by atoms with Crippen molar-refractivity contribution in [2.45, 2.75) is 50.7 Å². The SMILES string of the molecule is COC(=O)NCCCCC(NC(=O)OC)C(=O)NCCCCCOP(=O)(O)OC(COP(=O)(O)OCCOCCOP(=O)(O)OC)COP(=O)(O)OCCOCCOP(=O)(O)OC. The van der Waals surface area contributed by atoms with Crippen molar-refractivity contribution in [3.8, 4) is 0 Å². The first-order valence-electron chi connectivity index (χ1n) is 18.6. The summed E-state index contributed by atoms with van der Waals surface area (Å²) in [6.45, 7) is -5.12. The fourth-order valence-corrected chi connectivity index (χ4v) is 7.25. The number of phosphoric acid groups is 5. The molecule has 3 amide bonds. The van der Waals surface area contributed by atoms with E-state index in [2.05, 4.69) is 43.5 Å². The zero-order valence-corrected chi connectivity index (χ0v) is 39.5. The lowest BCUT2D eigenvalue weighted by Crippen LogP contribution is -2.47. The molecule has 0 aromatic carbocycles. The van der Waals surface area contributed by atoms with Crippen molar-refractivity contribution in [2.75, 3.05) is 114 Å². The van der Waals surface area contributed by atoms with Crippen LogP contribution in [0.2, 0.25) is 0 Å². The predicted molar refractivity (Wildman–Crippen MR) is 212 cm³/mol. The number of carbonyl (C=O) groups excluding carboxylic acids is 3. The second-order valence-corrected chi connectivity index (χ2v) is 19.3. The first-order chi connectivity index (χ1) is 29.5. The maximum atomic E-state index is 12.8. The minimum absolute atomic E-state index is 0.141. The molecule has 8 N–H and O–H groups in total. The van der Waals surface area contributed by atoms with Gasteiger partial charge in [0.25, 0.3) is 0 Å². The predicted octanol–water partition coefficient (Wildman–Crippen LogP) is 1.85. The van der Waals surface area contributed by atoms with Gasteiger partial charge in [-0.1, -0.05) is 0 Å². The molecule has 0 aromatic heterocycles. The summed E-state index contributed by atoms with van der Waals surface area (Å²) in [5.41, 5.74) is 0. The first kappa shape index (κ1) is 61.5. The summed E-state index contributed by atoms with van der Waals surface area (Å²) in [4.78, 5) is 84.4. The summed E-state index contributed by atoms with van der Waals surface area (Å²) >= 11 is 0. The van der Waals surface area contributed by atoms with Gasteiger partial charge in [0.15, 0.2) is 0 Å². The Labute approximate surface area is 363 Å². The molecule has 35 heteroatoms. The summed E-state index contributed by atoms with van der Waals surface area (Å²) in [7, 11) is -19.2. The largest absolute Gasteiger partial charge is 0.472 e. The van der Waals surface area contributed by atoms with Crippen molar-refractivity contribution in [2.24, 2.45) is 0 Å².